The third-order valence-corrected chi connectivity index (χ3v) is 3.92. The van der Waals surface area contributed by atoms with Gasteiger partial charge in [-0.2, -0.15) is 0 Å². The summed E-state index contributed by atoms with van der Waals surface area (Å²) in [6, 6.07) is 8.64. The predicted molar refractivity (Wildman–Crippen MR) is 92.4 cm³/mol. The second-order valence-electron chi connectivity index (χ2n) is 5.10. The average Bonchev–Trinajstić information content (AvgIpc) is 2.44. The normalized spacial score (nSPS) is 10.9. The van der Waals surface area contributed by atoms with Crippen LogP contribution in [0.2, 0.25) is 0 Å². The van der Waals surface area contributed by atoms with Crippen LogP contribution in [0.15, 0.2) is 45.6 Å². The third kappa shape index (κ3) is 5.41. The highest BCUT2D eigenvalue weighted by Crippen LogP contribution is 2.27. The van der Waals surface area contributed by atoms with E-state index in [1.807, 2.05) is 12.1 Å². The van der Waals surface area contributed by atoms with Crippen molar-refractivity contribution in [2.24, 2.45) is 0 Å². The molecule has 1 aromatic carbocycles. The Kier molecular flexibility index (Phi) is 6.21. The van der Waals surface area contributed by atoms with Crippen molar-refractivity contribution in [1.82, 2.24) is 10.3 Å². The van der Waals surface area contributed by atoms with E-state index in [9.17, 15) is 0 Å². The van der Waals surface area contributed by atoms with Crippen LogP contribution in [-0.4, -0.2) is 11.0 Å². The van der Waals surface area contributed by atoms with E-state index in [-0.39, 0.29) is 0 Å². The zero-order chi connectivity index (χ0) is 15.2. The maximum Gasteiger partial charge on any atom is 0.134 e. The topological polar surface area (TPSA) is 34.1 Å². The number of hydrogen-bond acceptors (Lipinski definition) is 3. The molecule has 21 heavy (non-hydrogen) atoms. The Hall–Kier alpha value is -0.910. The van der Waals surface area contributed by atoms with Crippen LogP contribution < -0.4 is 10.1 Å². The summed E-state index contributed by atoms with van der Waals surface area (Å²) in [7, 11) is 0. The summed E-state index contributed by atoms with van der Waals surface area (Å²) in [5, 5.41) is 3.40. The molecule has 0 atom stereocenters. The number of aromatic nitrogens is 1. The first-order valence-corrected chi connectivity index (χ1v) is 8.37. The highest BCUT2D eigenvalue weighted by molar-refractivity contribution is 9.10. The zero-order valence-corrected chi connectivity index (χ0v) is 15.2. The van der Waals surface area contributed by atoms with Crippen LogP contribution in [0.1, 0.15) is 25.0 Å². The van der Waals surface area contributed by atoms with Gasteiger partial charge in [-0.05, 0) is 55.6 Å². The molecule has 1 aromatic heterocycles. The second kappa shape index (κ2) is 7.92. The van der Waals surface area contributed by atoms with Crippen molar-refractivity contribution in [2.75, 3.05) is 0 Å². The lowest BCUT2D eigenvalue weighted by atomic mass is 10.2. The summed E-state index contributed by atoms with van der Waals surface area (Å²) < 4.78 is 7.75. The van der Waals surface area contributed by atoms with E-state index in [1.165, 1.54) is 5.56 Å². The second-order valence-corrected chi connectivity index (χ2v) is 6.87. The van der Waals surface area contributed by atoms with Crippen molar-refractivity contribution in [2.45, 2.75) is 33.0 Å². The molecular weight excluding hydrogens is 396 g/mol. The van der Waals surface area contributed by atoms with E-state index >= 15 is 0 Å². The molecule has 0 fully saturated rings. The van der Waals surface area contributed by atoms with Gasteiger partial charge in [0.1, 0.15) is 12.4 Å². The highest BCUT2D eigenvalue weighted by Gasteiger charge is 2.04. The summed E-state index contributed by atoms with van der Waals surface area (Å²) in [5.41, 5.74) is 2.26. The number of nitrogens with one attached hydrogen (secondary N) is 1. The number of benzene rings is 1. The van der Waals surface area contributed by atoms with Crippen LogP contribution in [0, 0.1) is 0 Å². The van der Waals surface area contributed by atoms with Gasteiger partial charge in [0.05, 0.1) is 4.47 Å². The summed E-state index contributed by atoms with van der Waals surface area (Å²) in [6.07, 6.45) is 3.57. The monoisotopic (exact) mass is 412 g/mol. The predicted octanol–water partition coefficient (Wildman–Crippen LogP) is 4.68. The van der Waals surface area contributed by atoms with E-state index in [0.29, 0.717) is 12.6 Å². The number of halogens is 2. The Morgan fingerprint density at radius 3 is 2.62 bits per heavy atom. The summed E-state index contributed by atoms with van der Waals surface area (Å²) >= 11 is 6.97. The van der Waals surface area contributed by atoms with Crippen LogP contribution in [0.5, 0.6) is 5.75 Å². The van der Waals surface area contributed by atoms with E-state index in [2.05, 4.69) is 68.1 Å². The van der Waals surface area contributed by atoms with Crippen LogP contribution >= 0.6 is 31.9 Å². The average molecular weight is 414 g/mol. The number of pyridine rings is 1. The van der Waals surface area contributed by atoms with Crippen molar-refractivity contribution >= 4 is 31.9 Å². The molecule has 5 heteroatoms. The minimum Gasteiger partial charge on any atom is -0.488 e. The van der Waals surface area contributed by atoms with Gasteiger partial charge < -0.3 is 10.1 Å². The van der Waals surface area contributed by atoms with Gasteiger partial charge in [-0.3, -0.25) is 4.98 Å². The molecule has 0 spiro atoms. The maximum atomic E-state index is 5.83. The molecule has 0 aliphatic carbocycles. The van der Waals surface area contributed by atoms with E-state index in [0.717, 1.165) is 26.8 Å². The Balaban J connectivity index is 1.97. The van der Waals surface area contributed by atoms with E-state index < -0.39 is 0 Å². The van der Waals surface area contributed by atoms with Crippen molar-refractivity contribution in [3.8, 4) is 5.75 Å². The minimum absolute atomic E-state index is 0.476. The third-order valence-electron chi connectivity index (χ3n) is 2.87. The first kappa shape index (κ1) is 16.5. The van der Waals surface area contributed by atoms with Gasteiger partial charge in [-0.1, -0.05) is 19.9 Å². The molecule has 0 saturated heterocycles. The molecule has 0 amide bonds. The fourth-order valence-electron chi connectivity index (χ4n) is 1.79. The molecule has 112 valence electrons. The first-order chi connectivity index (χ1) is 10.0. The lowest BCUT2D eigenvalue weighted by Gasteiger charge is -2.11. The molecule has 0 aliphatic rings. The van der Waals surface area contributed by atoms with Gasteiger partial charge in [0.2, 0.25) is 0 Å². The molecule has 1 heterocycles. The number of nitrogens with zero attached hydrogens (tertiary/aromatic N) is 1. The van der Waals surface area contributed by atoms with Gasteiger partial charge in [-0.15, -0.1) is 0 Å². The fourth-order valence-corrected chi connectivity index (χ4v) is 2.74. The molecule has 0 saturated carbocycles. The maximum absolute atomic E-state index is 5.83. The van der Waals surface area contributed by atoms with Gasteiger partial charge in [0.15, 0.2) is 0 Å². The van der Waals surface area contributed by atoms with Gasteiger partial charge in [0, 0.05) is 35.0 Å². The number of ether oxygens (including phenoxy) is 1. The molecule has 0 bridgehead atoms. The van der Waals surface area contributed by atoms with Crippen LogP contribution in [-0.2, 0) is 13.2 Å². The van der Waals surface area contributed by atoms with Crippen molar-refractivity contribution in [3.63, 3.8) is 0 Å². The standard InChI is InChI=1S/C16H18Br2N2O/c1-11(2)20-8-12-3-4-16(15(18)6-12)21-10-13-5-14(17)9-19-7-13/h3-7,9,11,20H,8,10H2,1-2H3. The molecular formula is C16H18Br2N2O. The Morgan fingerprint density at radius 1 is 1.14 bits per heavy atom. The first-order valence-electron chi connectivity index (χ1n) is 6.78. The van der Waals surface area contributed by atoms with Crippen molar-refractivity contribution in [3.05, 3.63) is 56.7 Å². The number of rotatable bonds is 6. The van der Waals surface area contributed by atoms with E-state index in [1.54, 1.807) is 12.4 Å². The van der Waals surface area contributed by atoms with Crippen LogP contribution in [0.3, 0.4) is 0 Å². The minimum atomic E-state index is 0.476. The van der Waals surface area contributed by atoms with Crippen LogP contribution in [0.4, 0.5) is 0 Å². The van der Waals surface area contributed by atoms with Gasteiger partial charge >= 0.3 is 0 Å². The van der Waals surface area contributed by atoms with E-state index in [4.69, 9.17) is 4.74 Å². The fraction of sp³-hybridized carbons (Fsp3) is 0.312. The Morgan fingerprint density at radius 2 is 1.95 bits per heavy atom. The lowest BCUT2D eigenvalue weighted by molar-refractivity contribution is 0.303. The Labute approximate surface area is 142 Å². The SMILES string of the molecule is CC(C)NCc1ccc(OCc2cncc(Br)c2)c(Br)c1. The van der Waals surface area contributed by atoms with Crippen molar-refractivity contribution in [1.29, 1.82) is 0 Å². The number of hydrogen-bond donors (Lipinski definition) is 1. The largest absolute Gasteiger partial charge is 0.488 e. The van der Waals surface area contributed by atoms with Gasteiger partial charge in [0.25, 0.3) is 0 Å². The zero-order valence-electron chi connectivity index (χ0n) is 12.1. The van der Waals surface area contributed by atoms with Crippen LogP contribution in [0.25, 0.3) is 0 Å². The van der Waals surface area contributed by atoms with Crippen molar-refractivity contribution < 1.29 is 4.74 Å². The Bertz CT molecular complexity index is 603. The molecule has 0 aliphatic heterocycles. The summed E-state index contributed by atoms with van der Waals surface area (Å²) in [5.74, 6) is 0.836. The molecule has 2 rings (SSSR count). The summed E-state index contributed by atoms with van der Waals surface area (Å²) in [4.78, 5) is 4.13. The molecule has 1 N–H and O–H groups in total. The molecule has 0 radical (unpaired) electrons. The summed E-state index contributed by atoms with van der Waals surface area (Å²) in [6.45, 7) is 5.62. The lowest BCUT2D eigenvalue weighted by Crippen LogP contribution is -2.21. The molecule has 3 nitrogen and oxygen atoms in total. The quantitative estimate of drug-likeness (QED) is 0.746. The molecule has 0 unspecified atom stereocenters. The van der Waals surface area contributed by atoms with Gasteiger partial charge in [-0.25, -0.2) is 0 Å². The smallest absolute Gasteiger partial charge is 0.134 e. The highest BCUT2D eigenvalue weighted by atomic mass is 79.9. The molecule has 2 aromatic rings.